The molecule has 0 heteroatoms. The lowest BCUT2D eigenvalue weighted by Gasteiger charge is -2.37. The van der Waals surface area contributed by atoms with Crippen molar-refractivity contribution in [1.82, 2.24) is 0 Å². The third kappa shape index (κ3) is 2.00. The highest BCUT2D eigenvalue weighted by molar-refractivity contribution is 5.22. The second kappa shape index (κ2) is 4.63. The molecule has 0 aromatic heterocycles. The minimum Gasteiger partial charge on any atom is -0.0654 e. The lowest BCUT2D eigenvalue weighted by atomic mass is 9.68. The zero-order valence-electron chi connectivity index (χ0n) is 9.08. The van der Waals surface area contributed by atoms with Gasteiger partial charge in [0.1, 0.15) is 0 Å². The van der Waals surface area contributed by atoms with Crippen LogP contribution in [0.15, 0.2) is 30.3 Å². The second-order valence-electron chi connectivity index (χ2n) is 4.50. The lowest BCUT2D eigenvalue weighted by Crippen LogP contribution is -2.23. The van der Waals surface area contributed by atoms with Gasteiger partial charge in [0, 0.05) is 0 Å². The Morgan fingerprint density at radius 2 is 1.93 bits per heavy atom. The first kappa shape index (κ1) is 9.76. The van der Waals surface area contributed by atoms with Gasteiger partial charge in [0.2, 0.25) is 0 Å². The Balaban J connectivity index is 1.93. The van der Waals surface area contributed by atoms with E-state index >= 15 is 0 Å². The van der Waals surface area contributed by atoms with Crippen LogP contribution in [0.5, 0.6) is 0 Å². The molecule has 0 spiro atoms. The van der Waals surface area contributed by atoms with Crippen molar-refractivity contribution in [3.63, 3.8) is 0 Å². The van der Waals surface area contributed by atoms with E-state index in [1.807, 2.05) is 0 Å². The van der Waals surface area contributed by atoms with Crippen LogP contribution in [0.3, 0.4) is 0 Å². The van der Waals surface area contributed by atoms with E-state index in [1.54, 1.807) is 5.56 Å². The quantitative estimate of drug-likeness (QED) is 0.658. The molecule has 0 saturated heterocycles. The largest absolute Gasteiger partial charge is 0.0654 e. The predicted octanol–water partition coefficient (Wildman–Crippen LogP) is 4.37. The molecular weight excluding hydrogens is 168 g/mol. The number of hydrogen-bond donors (Lipinski definition) is 0. The van der Waals surface area contributed by atoms with Crippen molar-refractivity contribution in [1.29, 1.82) is 0 Å². The van der Waals surface area contributed by atoms with Gasteiger partial charge in [-0.15, -0.1) is 0 Å². The molecule has 1 aromatic rings. The zero-order valence-corrected chi connectivity index (χ0v) is 9.08. The first-order chi connectivity index (χ1) is 6.92. The molecule has 76 valence electrons. The van der Waals surface area contributed by atoms with E-state index in [2.05, 4.69) is 37.3 Å². The maximum absolute atomic E-state index is 2.29. The van der Waals surface area contributed by atoms with Crippen LogP contribution in [0.4, 0.5) is 0 Å². The molecular formula is C14H20. The molecule has 1 fully saturated rings. The van der Waals surface area contributed by atoms with E-state index < -0.39 is 0 Å². The van der Waals surface area contributed by atoms with Crippen molar-refractivity contribution in [3.05, 3.63) is 35.9 Å². The molecule has 2 unspecified atom stereocenters. The highest BCUT2D eigenvalue weighted by atomic mass is 14.4. The van der Waals surface area contributed by atoms with Gasteiger partial charge in [0.25, 0.3) is 0 Å². The van der Waals surface area contributed by atoms with Gasteiger partial charge in [-0.1, -0.05) is 50.1 Å². The Morgan fingerprint density at radius 3 is 2.50 bits per heavy atom. The Labute approximate surface area is 87.3 Å². The van der Waals surface area contributed by atoms with Crippen LogP contribution in [0.1, 0.15) is 50.5 Å². The standard InChI is InChI=1S/C14H20/c1-2-3-7-13-10-11-14(13)12-8-5-4-6-9-12/h4-6,8-9,13-14H,2-3,7,10-11H2,1H3. The van der Waals surface area contributed by atoms with Crippen LogP contribution < -0.4 is 0 Å². The van der Waals surface area contributed by atoms with Crippen LogP contribution in [0.25, 0.3) is 0 Å². The summed E-state index contributed by atoms with van der Waals surface area (Å²) in [5, 5.41) is 0. The summed E-state index contributed by atoms with van der Waals surface area (Å²) < 4.78 is 0. The summed E-state index contributed by atoms with van der Waals surface area (Å²) in [5.41, 5.74) is 1.57. The number of benzene rings is 1. The topological polar surface area (TPSA) is 0 Å². The minimum absolute atomic E-state index is 0.878. The minimum atomic E-state index is 0.878. The summed E-state index contributed by atoms with van der Waals surface area (Å²) in [6.45, 7) is 2.29. The highest BCUT2D eigenvalue weighted by Gasteiger charge is 2.30. The van der Waals surface area contributed by atoms with E-state index in [0.29, 0.717) is 0 Å². The van der Waals surface area contributed by atoms with Crippen molar-refractivity contribution >= 4 is 0 Å². The van der Waals surface area contributed by atoms with Crippen LogP contribution in [-0.4, -0.2) is 0 Å². The van der Waals surface area contributed by atoms with Crippen LogP contribution in [0, 0.1) is 5.92 Å². The second-order valence-corrected chi connectivity index (χ2v) is 4.50. The number of rotatable bonds is 4. The van der Waals surface area contributed by atoms with Gasteiger partial charge in [0.05, 0.1) is 0 Å². The maximum Gasteiger partial charge on any atom is -0.0133 e. The van der Waals surface area contributed by atoms with E-state index in [1.165, 1.54) is 32.1 Å². The summed E-state index contributed by atoms with van der Waals surface area (Å²) in [7, 11) is 0. The highest BCUT2D eigenvalue weighted by Crippen LogP contribution is 2.44. The SMILES string of the molecule is CCCCC1CCC1c1ccccc1. The maximum atomic E-state index is 2.29. The molecule has 0 aliphatic heterocycles. The van der Waals surface area contributed by atoms with E-state index in [-0.39, 0.29) is 0 Å². The average Bonchev–Trinajstić information content (AvgIpc) is 2.18. The summed E-state index contributed by atoms with van der Waals surface area (Å²) in [6, 6.07) is 11.0. The third-order valence-corrected chi connectivity index (χ3v) is 3.57. The predicted molar refractivity (Wildman–Crippen MR) is 61.4 cm³/mol. The Hall–Kier alpha value is -0.780. The molecule has 0 bridgehead atoms. The average molecular weight is 188 g/mol. The fraction of sp³-hybridized carbons (Fsp3) is 0.571. The van der Waals surface area contributed by atoms with E-state index in [0.717, 1.165) is 11.8 Å². The van der Waals surface area contributed by atoms with Gasteiger partial charge in [0.15, 0.2) is 0 Å². The molecule has 0 nitrogen and oxygen atoms in total. The lowest BCUT2D eigenvalue weighted by molar-refractivity contribution is 0.234. The van der Waals surface area contributed by atoms with Crippen molar-refractivity contribution in [3.8, 4) is 0 Å². The van der Waals surface area contributed by atoms with Gasteiger partial charge < -0.3 is 0 Å². The van der Waals surface area contributed by atoms with Crippen LogP contribution in [-0.2, 0) is 0 Å². The van der Waals surface area contributed by atoms with Gasteiger partial charge in [-0.05, 0) is 36.7 Å². The van der Waals surface area contributed by atoms with Crippen molar-refractivity contribution in [2.75, 3.05) is 0 Å². The van der Waals surface area contributed by atoms with Crippen molar-refractivity contribution in [2.45, 2.75) is 44.9 Å². The Bertz CT molecular complexity index is 263. The summed E-state index contributed by atoms with van der Waals surface area (Å²) in [6.07, 6.45) is 7.07. The number of hydrogen-bond acceptors (Lipinski definition) is 0. The molecule has 14 heavy (non-hydrogen) atoms. The summed E-state index contributed by atoms with van der Waals surface area (Å²) in [4.78, 5) is 0. The van der Waals surface area contributed by atoms with Crippen molar-refractivity contribution in [2.24, 2.45) is 5.92 Å². The molecule has 0 amide bonds. The first-order valence-corrected chi connectivity index (χ1v) is 5.96. The molecule has 0 heterocycles. The molecule has 2 rings (SSSR count). The molecule has 1 aliphatic rings. The van der Waals surface area contributed by atoms with Crippen LogP contribution >= 0.6 is 0 Å². The Kier molecular flexibility index (Phi) is 3.23. The van der Waals surface area contributed by atoms with E-state index in [4.69, 9.17) is 0 Å². The first-order valence-electron chi connectivity index (χ1n) is 5.96. The van der Waals surface area contributed by atoms with Gasteiger partial charge in [-0.3, -0.25) is 0 Å². The fourth-order valence-corrected chi connectivity index (χ4v) is 2.52. The smallest absolute Gasteiger partial charge is 0.0133 e. The molecule has 0 radical (unpaired) electrons. The molecule has 2 atom stereocenters. The van der Waals surface area contributed by atoms with Gasteiger partial charge >= 0.3 is 0 Å². The third-order valence-electron chi connectivity index (χ3n) is 3.57. The molecule has 1 aliphatic carbocycles. The molecule has 1 saturated carbocycles. The van der Waals surface area contributed by atoms with E-state index in [9.17, 15) is 0 Å². The normalized spacial score (nSPS) is 25.8. The summed E-state index contributed by atoms with van der Waals surface area (Å²) >= 11 is 0. The fourth-order valence-electron chi connectivity index (χ4n) is 2.52. The van der Waals surface area contributed by atoms with Gasteiger partial charge in [-0.25, -0.2) is 0 Å². The van der Waals surface area contributed by atoms with Crippen LogP contribution in [0.2, 0.25) is 0 Å². The van der Waals surface area contributed by atoms with Gasteiger partial charge in [-0.2, -0.15) is 0 Å². The number of unbranched alkanes of at least 4 members (excludes halogenated alkanes) is 1. The molecule has 1 aromatic carbocycles. The monoisotopic (exact) mass is 188 g/mol. The van der Waals surface area contributed by atoms with Crippen molar-refractivity contribution < 1.29 is 0 Å². The molecule has 0 N–H and O–H groups in total. The Morgan fingerprint density at radius 1 is 1.14 bits per heavy atom. The zero-order chi connectivity index (χ0) is 9.80. The summed E-state index contributed by atoms with van der Waals surface area (Å²) in [5.74, 6) is 1.86.